The largest absolute Gasteiger partial charge is 0.573 e. The van der Waals surface area contributed by atoms with Gasteiger partial charge in [0.05, 0.1) is 30.4 Å². The number of aromatic nitrogens is 1. The molecule has 1 saturated heterocycles. The fraction of sp³-hybridized carbons (Fsp3) is 0.381. The lowest BCUT2D eigenvalue weighted by atomic mass is 10.2. The van der Waals surface area contributed by atoms with E-state index in [1.807, 2.05) is 0 Å². The summed E-state index contributed by atoms with van der Waals surface area (Å²) in [5.74, 6) is -1.35. The van der Waals surface area contributed by atoms with Gasteiger partial charge in [0.25, 0.3) is 5.56 Å². The molecule has 0 aliphatic carbocycles. The number of nitrogens with zero attached hydrogens (tertiary/aromatic N) is 2. The molecule has 8 nitrogen and oxygen atoms in total. The minimum Gasteiger partial charge on any atom is -0.463 e. The van der Waals surface area contributed by atoms with Gasteiger partial charge in [-0.05, 0) is 30.7 Å². The fourth-order valence-electron chi connectivity index (χ4n) is 3.04. The number of benzene rings is 1. The molecule has 1 aliphatic rings. The second-order valence-electron chi connectivity index (χ2n) is 6.85. The van der Waals surface area contributed by atoms with Crippen molar-refractivity contribution in [2.45, 2.75) is 19.8 Å². The first-order valence-corrected chi connectivity index (χ1v) is 10.8. The molecule has 0 unspecified atom stereocenters. The van der Waals surface area contributed by atoms with Crippen molar-refractivity contribution >= 4 is 35.4 Å². The van der Waals surface area contributed by atoms with Crippen molar-refractivity contribution in [3.05, 3.63) is 49.4 Å². The van der Waals surface area contributed by atoms with Gasteiger partial charge in [-0.1, -0.05) is 12.1 Å². The summed E-state index contributed by atoms with van der Waals surface area (Å²) in [6, 6.07) is 4.97. The number of halogens is 3. The Hall–Kier alpha value is -3.12. The molecular weight excluding hydrogens is 465 g/mol. The van der Waals surface area contributed by atoms with E-state index in [1.165, 1.54) is 22.8 Å². The number of hydrogen-bond donors (Lipinski definition) is 0. The van der Waals surface area contributed by atoms with Gasteiger partial charge in [0.2, 0.25) is 5.91 Å². The molecule has 178 valence electrons. The summed E-state index contributed by atoms with van der Waals surface area (Å²) in [6.45, 7) is 3.12. The van der Waals surface area contributed by atoms with Crippen LogP contribution in [0.5, 0.6) is 5.75 Å². The van der Waals surface area contributed by atoms with Crippen molar-refractivity contribution in [3.63, 3.8) is 0 Å². The van der Waals surface area contributed by atoms with Crippen LogP contribution in [-0.4, -0.2) is 60.6 Å². The summed E-state index contributed by atoms with van der Waals surface area (Å²) in [5, 5.41) is 0. The highest BCUT2D eigenvalue weighted by Crippen LogP contribution is 2.22. The zero-order valence-corrected chi connectivity index (χ0v) is 18.4. The monoisotopic (exact) mass is 486 g/mol. The van der Waals surface area contributed by atoms with E-state index >= 15 is 0 Å². The van der Waals surface area contributed by atoms with E-state index in [4.69, 9.17) is 9.47 Å². The molecule has 1 aromatic carbocycles. The predicted molar refractivity (Wildman–Crippen MR) is 113 cm³/mol. The molecule has 2 aromatic rings. The van der Waals surface area contributed by atoms with Crippen LogP contribution in [0.15, 0.2) is 29.1 Å². The van der Waals surface area contributed by atoms with Crippen LogP contribution >= 0.6 is 11.3 Å². The molecule has 3 rings (SSSR count). The Kier molecular flexibility index (Phi) is 7.92. The van der Waals surface area contributed by atoms with Gasteiger partial charge in [-0.3, -0.25) is 14.2 Å². The third kappa shape index (κ3) is 6.93. The van der Waals surface area contributed by atoms with Gasteiger partial charge < -0.3 is 19.1 Å². The van der Waals surface area contributed by atoms with Crippen LogP contribution in [0.2, 0.25) is 0 Å². The Morgan fingerprint density at radius 2 is 1.85 bits per heavy atom. The Labute approximate surface area is 190 Å². The molecule has 1 aromatic heterocycles. The SMILES string of the molecule is CCOC(=O)/C=c1\s/c(=C\c2ccc(OC(F)(F)F)cc2)c(=O)n1CC(=O)N1CCOCC1. The average Bonchev–Trinajstić information content (AvgIpc) is 3.03. The predicted octanol–water partition coefficient (Wildman–Crippen LogP) is 0.840. The van der Waals surface area contributed by atoms with Crippen LogP contribution in [0.4, 0.5) is 13.2 Å². The van der Waals surface area contributed by atoms with Crippen LogP contribution < -0.4 is 19.5 Å². The zero-order valence-electron chi connectivity index (χ0n) is 17.6. The number of amides is 1. The van der Waals surface area contributed by atoms with Crippen molar-refractivity contribution in [1.29, 1.82) is 0 Å². The molecule has 0 bridgehead atoms. The van der Waals surface area contributed by atoms with Crippen LogP contribution in [0.1, 0.15) is 12.5 Å². The summed E-state index contributed by atoms with van der Waals surface area (Å²) in [4.78, 5) is 39.2. The van der Waals surface area contributed by atoms with Crippen molar-refractivity contribution in [1.82, 2.24) is 9.47 Å². The van der Waals surface area contributed by atoms with Gasteiger partial charge in [-0.25, -0.2) is 4.79 Å². The smallest absolute Gasteiger partial charge is 0.463 e. The molecular formula is C21H21F3N2O6S. The van der Waals surface area contributed by atoms with Crippen molar-refractivity contribution in [3.8, 4) is 5.75 Å². The first kappa shape index (κ1) is 24.5. The van der Waals surface area contributed by atoms with E-state index in [9.17, 15) is 27.6 Å². The molecule has 0 N–H and O–H groups in total. The van der Waals surface area contributed by atoms with Crippen LogP contribution in [0.25, 0.3) is 12.2 Å². The van der Waals surface area contributed by atoms with Gasteiger partial charge >= 0.3 is 12.3 Å². The normalized spacial score (nSPS) is 15.6. The lowest BCUT2D eigenvalue weighted by molar-refractivity contribution is -0.274. The number of carbonyl (C=O) groups excluding carboxylic acids is 2. The average molecular weight is 486 g/mol. The second kappa shape index (κ2) is 10.7. The maximum atomic E-state index is 13.0. The Bertz CT molecular complexity index is 1160. The Morgan fingerprint density at radius 3 is 2.45 bits per heavy atom. The third-order valence-electron chi connectivity index (χ3n) is 4.53. The standard InChI is InChI=1S/C21H21F3N2O6S/c1-2-31-19(28)12-18-26(13-17(27)25-7-9-30-10-8-25)20(29)16(33-18)11-14-3-5-15(6-4-14)32-21(22,23)24/h3-6,11-12H,2,7-10,13H2,1H3/b16-11-,18-12-. The second-order valence-corrected chi connectivity index (χ2v) is 7.91. The first-order chi connectivity index (χ1) is 15.7. The van der Waals surface area contributed by atoms with E-state index in [0.717, 1.165) is 29.5 Å². The quantitative estimate of drug-likeness (QED) is 0.563. The number of ether oxygens (including phenoxy) is 3. The summed E-state index contributed by atoms with van der Waals surface area (Å²) in [6.07, 6.45) is -2.21. The van der Waals surface area contributed by atoms with Gasteiger partial charge in [0.1, 0.15) is 17.0 Å². The number of thiazole rings is 1. The molecule has 0 radical (unpaired) electrons. The molecule has 0 saturated carbocycles. The number of esters is 1. The van der Waals surface area contributed by atoms with Crippen molar-refractivity contribution in [2.24, 2.45) is 0 Å². The Balaban J connectivity index is 1.96. The first-order valence-electron chi connectivity index (χ1n) is 9.97. The van der Waals surface area contributed by atoms with Gasteiger partial charge in [0, 0.05) is 13.1 Å². The fourth-order valence-corrected chi connectivity index (χ4v) is 4.07. The number of rotatable bonds is 6. The van der Waals surface area contributed by atoms with E-state index in [0.29, 0.717) is 31.9 Å². The Morgan fingerprint density at radius 1 is 1.18 bits per heavy atom. The third-order valence-corrected chi connectivity index (χ3v) is 5.59. The number of carbonyl (C=O) groups is 2. The number of hydrogen-bond acceptors (Lipinski definition) is 7. The van der Waals surface area contributed by atoms with Crippen LogP contribution in [-0.2, 0) is 25.6 Å². The highest BCUT2D eigenvalue weighted by atomic mass is 32.1. The molecule has 0 spiro atoms. The molecule has 1 fully saturated rings. The molecule has 0 atom stereocenters. The molecule has 1 aliphatic heterocycles. The van der Waals surface area contributed by atoms with E-state index in [-0.39, 0.29) is 28.3 Å². The topological polar surface area (TPSA) is 87.1 Å². The minimum absolute atomic E-state index is 0.142. The van der Waals surface area contributed by atoms with Crippen molar-refractivity contribution < 1.29 is 37.0 Å². The van der Waals surface area contributed by atoms with E-state index in [1.54, 1.807) is 11.8 Å². The maximum absolute atomic E-state index is 13.0. The van der Waals surface area contributed by atoms with Gasteiger partial charge in [-0.2, -0.15) is 0 Å². The summed E-state index contributed by atoms with van der Waals surface area (Å²) >= 11 is 0.970. The molecule has 2 heterocycles. The zero-order chi connectivity index (χ0) is 24.0. The molecule has 12 heteroatoms. The summed E-state index contributed by atoms with van der Waals surface area (Å²) in [7, 11) is 0. The minimum atomic E-state index is -4.81. The lowest BCUT2D eigenvalue weighted by Gasteiger charge is -2.26. The number of morpholine rings is 1. The summed E-state index contributed by atoms with van der Waals surface area (Å²) in [5.41, 5.74) is -0.0648. The summed E-state index contributed by atoms with van der Waals surface area (Å²) < 4.78 is 52.6. The number of alkyl halides is 3. The van der Waals surface area contributed by atoms with Crippen molar-refractivity contribution in [2.75, 3.05) is 32.9 Å². The van der Waals surface area contributed by atoms with E-state index in [2.05, 4.69) is 4.74 Å². The highest BCUT2D eigenvalue weighted by molar-refractivity contribution is 7.07. The maximum Gasteiger partial charge on any atom is 0.573 e. The molecule has 33 heavy (non-hydrogen) atoms. The van der Waals surface area contributed by atoms with Gasteiger partial charge in [0.15, 0.2) is 0 Å². The van der Waals surface area contributed by atoms with Crippen LogP contribution in [0, 0.1) is 0 Å². The lowest BCUT2D eigenvalue weighted by Crippen LogP contribution is -2.45. The van der Waals surface area contributed by atoms with E-state index < -0.39 is 23.6 Å². The highest BCUT2D eigenvalue weighted by Gasteiger charge is 2.30. The molecule has 1 amide bonds. The van der Waals surface area contributed by atoms with Crippen LogP contribution in [0.3, 0.4) is 0 Å². The van der Waals surface area contributed by atoms with Gasteiger partial charge in [-0.15, -0.1) is 24.5 Å².